The number of hydrogen-bond donors (Lipinski definition) is 3. The number of hydrogen-bond acceptors (Lipinski definition) is 5. The minimum absolute atomic E-state index is 0.110. The highest BCUT2D eigenvalue weighted by molar-refractivity contribution is 6.00. The van der Waals surface area contributed by atoms with Gasteiger partial charge in [-0.1, -0.05) is 45.0 Å². The van der Waals surface area contributed by atoms with Gasteiger partial charge in [-0.2, -0.15) is 0 Å². The van der Waals surface area contributed by atoms with Crippen molar-refractivity contribution >= 4 is 29.4 Å². The Morgan fingerprint density at radius 1 is 1.00 bits per heavy atom. The first-order chi connectivity index (χ1) is 17.7. The topological polar surface area (TPSA) is 109 Å². The number of nitrogens with zero attached hydrogens (tertiary/aromatic N) is 1. The SMILES string of the molecule is CCCN1C(=O)N[C@@H](c2ccc(NC(=O)Nc3ccc(C(C)C)cc3)cc2)C(C(=O)OCCOC)=C1C. The lowest BCUT2D eigenvalue weighted by atomic mass is 9.94. The van der Waals surface area contributed by atoms with Gasteiger partial charge >= 0.3 is 18.0 Å². The first kappa shape index (κ1) is 27.7. The summed E-state index contributed by atoms with van der Waals surface area (Å²) in [6.45, 7) is 8.81. The lowest BCUT2D eigenvalue weighted by Gasteiger charge is -2.35. The second-order valence-corrected chi connectivity index (χ2v) is 9.14. The molecular weight excluding hydrogens is 472 g/mol. The molecule has 0 radical (unpaired) electrons. The number of carbonyl (C=O) groups excluding carboxylic acids is 3. The molecule has 0 saturated heterocycles. The van der Waals surface area contributed by atoms with Gasteiger partial charge in [0.1, 0.15) is 6.61 Å². The summed E-state index contributed by atoms with van der Waals surface area (Å²) in [5, 5.41) is 8.54. The van der Waals surface area contributed by atoms with Crippen LogP contribution in [0.25, 0.3) is 0 Å². The number of carbonyl (C=O) groups is 3. The predicted molar refractivity (Wildman–Crippen MR) is 143 cm³/mol. The van der Waals surface area contributed by atoms with E-state index in [9.17, 15) is 14.4 Å². The Kier molecular flexibility index (Phi) is 9.68. The number of amides is 4. The number of esters is 1. The maximum absolute atomic E-state index is 13.0. The van der Waals surface area contributed by atoms with Crippen molar-refractivity contribution in [3.8, 4) is 0 Å². The third-order valence-corrected chi connectivity index (χ3v) is 6.12. The van der Waals surface area contributed by atoms with Gasteiger partial charge < -0.3 is 25.4 Å². The fourth-order valence-electron chi connectivity index (χ4n) is 4.09. The van der Waals surface area contributed by atoms with E-state index in [4.69, 9.17) is 9.47 Å². The normalized spacial score (nSPS) is 15.5. The van der Waals surface area contributed by atoms with Crippen molar-refractivity contribution in [3.63, 3.8) is 0 Å². The van der Waals surface area contributed by atoms with Crippen LogP contribution in [-0.4, -0.2) is 49.8 Å². The summed E-state index contributed by atoms with van der Waals surface area (Å²) in [5.41, 5.74) is 4.07. The summed E-state index contributed by atoms with van der Waals surface area (Å²) in [7, 11) is 1.53. The molecule has 4 amide bonds. The van der Waals surface area contributed by atoms with Crippen molar-refractivity contribution in [1.29, 1.82) is 0 Å². The molecule has 0 fully saturated rings. The van der Waals surface area contributed by atoms with Gasteiger partial charge in [0, 0.05) is 30.7 Å². The fraction of sp³-hybridized carbons (Fsp3) is 0.393. The monoisotopic (exact) mass is 508 g/mol. The number of anilines is 2. The van der Waals surface area contributed by atoms with Crippen molar-refractivity contribution in [2.45, 2.75) is 46.1 Å². The van der Waals surface area contributed by atoms with Gasteiger partial charge in [-0.3, -0.25) is 4.90 Å². The molecule has 198 valence electrons. The van der Waals surface area contributed by atoms with Crippen LogP contribution < -0.4 is 16.0 Å². The Morgan fingerprint density at radius 3 is 2.14 bits per heavy atom. The van der Waals surface area contributed by atoms with Crippen molar-refractivity contribution in [1.82, 2.24) is 10.2 Å². The summed E-state index contributed by atoms with van der Waals surface area (Å²) < 4.78 is 10.4. The van der Waals surface area contributed by atoms with Crippen LogP contribution >= 0.6 is 0 Å². The van der Waals surface area contributed by atoms with Gasteiger partial charge in [0.05, 0.1) is 18.2 Å². The number of methoxy groups -OCH3 is 1. The molecule has 1 aliphatic heterocycles. The largest absolute Gasteiger partial charge is 0.460 e. The van der Waals surface area contributed by atoms with Crippen LogP contribution in [0.2, 0.25) is 0 Å². The average Bonchev–Trinajstić information content (AvgIpc) is 2.87. The van der Waals surface area contributed by atoms with Crippen molar-refractivity contribution < 1.29 is 23.9 Å². The average molecular weight is 509 g/mol. The highest BCUT2D eigenvalue weighted by Gasteiger charge is 2.36. The Bertz CT molecular complexity index is 1130. The maximum Gasteiger partial charge on any atom is 0.338 e. The third kappa shape index (κ3) is 7.10. The molecule has 1 aliphatic rings. The quantitative estimate of drug-likeness (QED) is 0.294. The Labute approximate surface area is 218 Å². The molecule has 2 aromatic carbocycles. The van der Waals surface area contributed by atoms with Gasteiger partial charge in [-0.25, -0.2) is 14.4 Å². The second kappa shape index (κ2) is 12.9. The Morgan fingerprint density at radius 2 is 1.59 bits per heavy atom. The molecule has 0 saturated carbocycles. The number of urea groups is 2. The molecule has 1 atom stereocenters. The van der Waals surface area contributed by atoms with E-state index >= 15 is 0 Å². The van der Waals surface area contributed by atoms with Crippen LogP contribution in [0.1, 0.15) is 57.2 Å². The van der Waals surface area contributed by atoms with E-state index in [1.165, 1.54) is 12.7 Å². The highest BCUT2D eigenvalue weighted by Crippen LogP contribution is 2.32. The number of allylic oxidation sites excluding steroid dienone is 1. The van der Waals surface area contributed by atoms with Crippen molar-refractivity contribution in [2.24, 2.45) is 0 Å². The summed E-state index contributed by atoms with van der Waals surface area (Å²) in [5.74, 6) is -0.0952. The molecule has 0 bridgehead atoms. The highest BCUT2D eigenvalue weighted by atomic mass is 16.6. The number of benzene rings is 2. The minimum atomic E-state index is -0.682. The van der Waals surface area contributed by atoms with E-state index in [-0.39, 0.29) is 25.3 Å². The summed E-state index contributed by atoms with van der Waals surface area (Å²) in [6.07, 6.45) is 0.742. The summed E-state index contributed by atoms with van der Waals surface area (Å²) in [4.78, 5) is 39.8. The molecule has 0 aromatic heterocycles. The molecular formula is C28H36N4O5. The van der Waals surface area contributed by atoms with Gasteiger partial charge in [-0.05, 0) is 54.7 Å². The van der Waals surface area contributed by atoms with Crippen LogP contribution in [0.3, 0.4) is 0 Å². The van der Waals surface area contributed by atoms with Gasteiger partial charge in [-0.15, -0.1) is 0 Å². The lowest BCUT2D eigenvalue weighted by molar-refractivity contribution is -0.140. The summed E-state index contributed by atoms with van der Waals surface area (Å²) in [6, 6.07) is 13.4. The van der Waals surface area contributed by atoms with Crippen LogP contribution in [0, 0.1) is 0 Å². The van der Waals surface area contributed by atoms with Crippen LogP contribution in [-0.2, 0) is 14.3 Å². The van der Waals surface area contributed by atoms with E-state index in [1.807, 2.05) is 31.2 Å². The van der Waals surface area contributed by atoms with Gasteiger partial charge in [0.15, 0.2) is 0 Å². The molecule has 0 spiro atoms. The zero-order valence-electron chi connectivity index (χ0n) is 22.1. The zero-order valence-corrected chi connectivity index (χ0v) is 22.1. The smallest absolute Gasteiger partial charge is 0.338 e. The molecule has 2 aromatic rings. The standard InChI is InChI=1S/C28H36N4O5/c1-6-15-32-19(4)24(26(33)37-17-16-36-5)25(31-28(32)35)21-9-13-23(14-10-21)30-27(34)29-22-11-7-20(8-12-22)18(2)3/h7-14,18,25H,6,15-17H2,1-5H3,(H,31,35)(H2,29,30,34)/t25-/m0/s1. The minimum Gasteiger partial charge on any atom is -0.460 e. The second-order valence-electron chi connectivity index (χ2n) is 9.14. The number of nitrogens with one attached hydrogen (secondary N) is 3. The Balaban J connectivity index is 1.75. The van der Waals surface area contributed by atoms with Crippen LogP contribution in [0.4, 0.5) is 21.0 Å². The molecule has 9 nitrogen and oxygen atoms in total. The van der Waals surface area contributed by atoms with E-state index in [0.717, 1.165) is 6.42 Å². The number of ether oxygens (including phenoxy) is 2. The molecule has 9 heteroatoms. The number of rotatable bonds is 10. The van der Waals surface area contributed by atoms with Gasteiger partial charge in [0.2, 0.25) is 0 Å². The zero-order chi connectivity index (χ0) is 26.9. The molecule has 0 aliphatic carbocycles. The van der Waals surface area contributed by atoms with E-state index in [2.05, 4.69) is 29.8 Å². The van der Waals surface area contributed by atoms with Crippen LogP contribution in [0.15, 0.2) is 59.8 Å². The first-order valence-electron chi connectivity index (χ1n) is 12.5. The predicted octanol–water partition coefficient (Wildman–Crippen LogP) is 5.39. The summed E-state index contributed by atoms with van der Waals surface area (Å²) >= 11 is 0. The molecule has 3 rings (SSSR count). The fourth-order valence-corrected chi connectivity index (χ4v) is 4.09. The van der Waals surface area contributed by atoms with Crippen LogP contribution in [0.5, 0.6) is 0 Å². The molecule has 3 N–H and O–H groups in total. The Hall–Kier alpha value is -3.85. The molecule has 0 unspecified atom stereocenters. The van der Waals surface area contributed by atoms with E-state index in [0.29, 0.717) is 40.7 Å². The molecule has 37 heavy (non-hydrogen) atoms. The van der Waals surface area contributed by atoms with Crippen molar-refractivity contribution in [2.75, 3.05) is 37.5 Å². The van der Waals surface area contributed by atoms with E-state index < -0.39 is 12.0 Å². The van der Waals surface area contributed by atoms with Crippen molar-refractivity contribution in [3.05, 3.63) is 70.9 Å². The van der Waals surface area contributed by atoms with E-state index in [1.54, 1.807) is 36.1 Å². The maximum atomic E-state index is 13.0. The molecule has 1 heterocycles. The van der Waals surface area contributed by atoms with Gasteiger partial charge in [0.25, 0.3) is 0 Å². The third-order valence-electron chi connectivity index (χ3n) is 6.12. The first-order valence-corrected chi connectivity index (χ1v) is 12.5. The lowest BCUT2D eigenvalue weighted by Crippen LogP contribution is -2.48.